The predicted molar refractivity (Wildman–Crippen MR) is 73.0 cm³/mol. The highest BCUT2D eigenvalue weighted by molar-refractivity contribution is 6.30. The summed E-state index contributed by atoms with van der Waals surface area (Å²) >= 11 is 5.88. The molecule has 96 valence electrons. The van der Waals surface area contributed by atoms with Crippen molar-refractivity contribution in [3.63, 3.8) is 0 Å². The molecule has 2 aromatic rings. The minimum absolute atomic E-state index is 0.122. The number of rotatable bonds is 5. The number of hydrazine groups is 1. The number of nitrogens with one attached hydrogen (secondary N) is 1. The Kier molecular flexibility index (Phi) is 4.36. The van der Waals surface area contributed by atoms with Crippen LogP contribution in [-0.2, 0) is 13.5 Å². The maximum Gasteiger partial charge on any atom is 0.0492 e. The molecule has 0 aliphatic heterocycles. The molecule has 0 saturated heterocycles. The Morgan fingerprint density at radius 2 is 2.06 bits per heavy atom. The molecule has 1 unspecified atom stereocenters. The van der Waals surface area contributed by atoms with E-state index < -0.39 is 0 Å². The smallest absolute Gasteiger partial charge is 0.0492 e. The minimum Gasteiger partial charge on any atom is -0.273 e. The fourth-order valence-corrected chi connectivity index (χ4v) is 2.11. The first-order valence-electron chi connectivity index (χ1n) is 5.89. The molecule has 3 N–H and O–H groups in total. The molecule has 2 rings (SSSR count). The normalized spacial score (nSPS) is 12.6. The Labute approximate surface area is 112 Å². The summed E-state index contributed by atoms with van der Waals surface area (Å²) in [4.78, 5) is 0. The number of nitrogens with zero attached hydrogens (tertiary/aromatic N) is 2. The van der Waals surface area contributed by atoms with E-state index in [-0.39, 0.29) is 6.04 Å². The Balaban J connectivity index is 2.01. The van der Waals surface area contributed by atoms with Gasteiger partial charge in [-0.05, 0) is 36.6 Å². The van der Waals surface area contributed by atoms with Gasteiger partial charge < -0.3 is 0 Å². The molecule has 0 aliphatic rings. The molecule has 1 heterocycles. The van der Waals surface area contributed by atoms with Crippen molar-refractivity contribution in [1.29, 1.82) is 0 Å². The van der Waals surface area contributed by atoms with Gasteiger partial charge in [-0.15, -0.1) is 0 Å². The molecule has 1 aromatic carbocycles. The topological polar surface area (TPSA) is 55.9 Å². The van der Waals surface area contributed by atoms with E-state index >= 15 is 0 Å². The van der Waals surface area contributed by atoms with Crippen LogP contribution in [0.2, 0.25) is 5.02 Å². The van der Waals surface area contributed by atoms with Crippen molar-refractivity contribution in [2.75, 3.05) is 0 Å². The second-order valence-corrected chi connectivity index (χ2v) is 4.69. The van der Waals surface area contributed by atoms with Crippen molar-refractivity contribution < 1.29 is 0 Å². The SMILES string of the molecule is Cn1nccc1CCC(NN)c1ccc(Cl)cc1. The molecular formula is C13H17ClN4. The first-order valence-corrected chi connectivity index (χ1v) is 6.27. The molecule has 0 fully saturated rings. The number of benzene rings is 1. The van der Waals surface area contributed by atoms with Gasteiger partial charge in [0.05, 0.1) is 0 Å². The zero-order valence-corrected chi connectivity index (χ0v) is 11.1. The zero-order valence-electron chi connectivity index (χ0n) is 10.3. The lowest BCUT2D eigenvalue weighted by molar-refractivity contribution is 0.507. The number of halogens is 1. The van der Waals surface area contributed by atoms with Crippen LogP contribution < -0.4 is 11.3 Å². The summed E-state index contributed by atoms with van der Waals surface area (Å²) in [6.45, 7) is 0. The van der Waals surface area contributed by atoms with Crippen LogP contribution in [0.5, 0.6) is 0 Å². The molecule has 0 amide bonds. The Bertz CT molecular complexity index is 492. The van der Waals surface area contributed by atoms with Crippen LogP contribution in [0.1, 0.15) is 23.7 Å². The van der Waals surface area contributed by atoms with Crippen LogP contribution in [0.25, 0.3) is 0 Å². The van der Waals surface area contributed by atoms with Crippen molar-refractivity contribution in [2.24, 2.45) is 12.9 Å². The third-order valence-electron chi connectivity index (χ3n) is 3.09. The van der Waals surface area contributed by atoms with Gasteiger partial charge in [-0.3, -0.25) is 16.0 Å². The number of hydrogen-bond acceptors (Lipinski definition) is 3. The Morgan fingerprint density at radius 3 is 2.61 bits per heavy atom. The van der Waals surface area contributed by atoms with Gasteiger partial charge in [-0.25, -0.2) is 0 Å². The van der Waals surface area contributed by atoms with Gasteiger partial charge in [-0.2, -0.15) is 5.10 Å². The molecule has 18 heavy (non-hydrogen) atoms. The van der Waals surface area contributed by atoms with Crippen molar-refractivity contribution in [1.82, 2.24) is 15.2 Å². The van der Waals surface area contributed by atoms with E-state index in [1.54, 1.807) is 0 Å². The van der Waals surface area contributed by atoms with Crippen LogP contribution >= 0.6 is 11.6 Å². The summed E-state index contributed by atoms with van der Waals surface area (Å²) in [6, 6.07) is 9.90. The van der Waals surface area contributed by atoms with Crippen molar-refractivity contribution in [3.05, 3.63) is 52.8 Å². The van der Waals surface area contributed by atoms with Crippen LogP contribution in [-0.4, -0.2) is 9.78 Å². The summed E-state index contributed by atoms with van der Waals surface area (Å²) in [6.07, 6.45) is 3.65. The van der Waals surface area contributed by atoms with E-state index in [1.807, 2.05) is 48.3 Å². The summed E-state index contributed by atoms with van der Waals surface area (Å²) in [5.41, 5.74) is 5.19. The van der Waals surface area contributed by atoms with E-state index in [9.17, 15) is 0 Å². The van der Waals surface area contributed by atoms with Crippen LogP contribution in [0, 0.1) is 0 Å². The summed E-state index contributed by atoms with van der Waals surface area (Å²) < 4.78 is 1.88. The molecule has 1 atom stereocenters. The van der Waals surface area contributed by atoms with E-state index in [0.717, 1.165) is 23.4 Å². The lowest BCUT2D eigenvalue weighted by Crippen LogP contribution is -2.28. The average molecular weight is 265 g/mol. The maximum absolute atomic E-state index is 5.88. The molecular weight excluding hydrogens is 248 g/mol. The summed E-state index contributed by atoms with van der Waals surface area (Å²) in [7, 11) is 1.95. The van der Waals surface area contributed by atoms with Crippen molar-refractivity contribution in [3.8, 4) is 0 Å². The highest BCUT2D eigenvalue weighted by Crippen LogP contribution is 2.20. The zero-order chi connectivity index (χ0) is 13.0. The molecule has 0 aliphatic carbocycles. The third-order valence-corrected chi connectivity index (χ3v) is 3.34. The molecule has 5 heteroatoms. The third kappa shape index (κ3) is 3.10. The second kappa shape index (κ2) is 6.00. The highest BCUT2D eigenvalue weighted by atomic mass is 35.5. The minimum atomic E-state index is 0.122. The van der Waals surface area contributed by atoms with Gasteiger partial charge in [0.25, 0.3) is 0 Å². The second-order valence-electron chi connectivity index (χ2n) is 4.26. The van der Waals surface area contributed by atoms with Gasteiger partial charge in [0.2, 0.25) is 0 Å². The van der Waals surface area contributed by atoms with Crippen LogP contribution in [0.3, 0.4) is 0 Å². The van der Waals surface area contributed by atoms with Crippen LogP contribution in [0.4, 0.5) is 0 Å². The quantitative estimate of drug-likeness (QED) is 0.643. The first-order chi connectivity index (χ1) is 8.70. The van der Waals surface area contributed by atoms with Gasteiger partial charge in [-0.1, -0.05) is 23.7 Å². The molecule has 4 nitrogen and oxygen atoms in total. The van der Waals surface area contributed by atoms with Crippen molar-refractivity contribution in [2.45, 2.75) is 18.9 Å². The fraction of sp³-hybridized carbons (Fsp3) is 0.308. The molecule has 0 bridgehead atoms. The Hall–Kier alpha value is -1.36. The molecule has 0 saturated carbocycles. The standard InChI is InChI=1S/C13H17ClN4/c1-18-12(8-9-16-18)6-7-13(17-15)10-2-4-11(14)5-3-10/h2-5,8-9,13,17H,6-7,15H2,1H3. The predicted octanol–water partition coefficient (Wildman–Crippen LogP) is 2.21. The van der Waals surface area contributed by atoms with E-state index in [2.05, 4.69) is 10.5 Å². The fourth-order valence-electron chi connectivity index (χ4n) is 1.98. The Morgan fingerprint density at radius 1 is 1.33 bits per heavy atom. The average Bonchev–Trinajstić information content (AvgIpc) is 2.78. The summed E-state index contributed by atoms with van der Waals surface area (Å²) in [5.74, 6) is 5.61. The molecule has 0 spiro atoms. The van der Waals surface area contributed by atoms with Crippen LogP contribution in [0.15, 0.2) is 36.5 Å². The highest BCUT2D eigenvalue weighted by Gasteiger charge is 2.10. The van der Waals surface area contributed by atoms with Gasteiger partial charge in [0.15, 0.2) is 0 Å². The maximum atomic E-state index is 5.88. The molecule has 0 radical (unpaired) electrons. The van der Waals surface area contributed by atoms with Gasteiger partial charge in [0.1, 0.15) is 0 Å². The summed E-state index contributed by atoms with van der Waals surface area (Å²) in [5, 5.41) is 4.89. The monoisotopic (exact) mass is 264 g/mol. The van der Waals surface area contributed by atoms with E-state index in [0.29, 0.717) is 0 Å². The largest absolute Gasteiger partial charge is 0.273 e. The lowest BCUT2D eigenvalue weighted by Gasteiger charge is -2.16. The van der Waals surface area contributed by atoms with Gasteiger partial charge >= 0.3 is 0 Å². The number of aromatic nitrogens is 2. The van der Waals surface area contributed by atoms with E-state index in [1.165, 1.54) is 5.69 Å². The number of hydrogen-bond donors (Lipinski definition) is 2. The van der Waals surface area contributed by atoms with Crippen molar-refractivity contribution >= 4 is 11.6 Å². The number of aryl methyl sites for hydroxylation is 2. The number of nitrogens with two attached hydrogens (primary N) is 1. The lowest BCUT2D eigenvalue weighted by atomic mass is 10.0. The first kappa shape index (κ1) is 13.1. The van der Waals surface area contributed by atoms with Gasteiger partial charge in [0, 0.05) is 30.0 Å². The molecule has 1 aromatic heterocycles. The van der Waals surface area contributed by atoms with E-state index in [4.69, 9.17) is 17.4 Å².